The van der Waals surface area contributed by atoms with Gasteiger partial charge in [0, 0.05) is 31.3 Å². The maximum Gasteiger partial charge on any atom is 0.222 e. The van der Waals surface area contributed by atoms with E-state index in [4.69, 9.17) is 10.5 Å². The lowest BCUT2D eigenvalue weighted by molar-refractivity contribution is -0.128. The van der Waals surface area contributed by atoms with Crippen molar-refractivity contribution in [3.63, 3.8) is 0 Å². The Morgan fingerprint density at radius 1 is 0.969 bits per heavy atom. The quantitative estimate of drug-likeness (QED) is 0.246. The van der Waals surface area contributed by atoms with Gasteiger partial charge in [-0.3, -0.25) is 4.79 Å². The topological polar surface area (TPSA) is 80.0 Å². The van der Waals surface area contributed by atoms with Crippen molar-refractivity contribution in [3.05, 3.63) is 90.0 Å². The van der Waals surface area contributed by atoms with Crippen LogP contribution in [0.5, 0.6) is 11.5 Å². The number of para-hydroxylation sites is 1. The van der Waals surface area contributed by atoms with Crippen molar-refractivity contribution in [2.24, 2.45) is 10.7 Å². The van der Waals surface area contributed by atoms with Gasteiger partial charge < -0.3 is 20.7 Å². The highest BCUT2D eigenvalue weighted by molar-refractivity contribution is 14.0. The molecule has 3 aromatic rings. The molecule has 0 saturated carbocycles. The first kappa shape index (κ1) is 23.6. The van der Waals surface area contributed by atoms with E-state index in [1.807, 2.05) is 77.7 Å². The molecule has 0 aromatic heterocycles. The van der Waals surface area contributed by atoms with Gasteiger partial charge in [0.25, 0.3) is 0 Å². The summed E-state index contributed by atoms with van der Waals surface area (Å²) in [7, 11) is 0. The Morgan fingerprint density at radius 2 is 1.72 bits per heavy atom. The monoisotopic (exact) mass is 542 g/mol. The number of guanidine groups is 1. The number of anilines is 1. The van der Waals surface area contributed by atoms with E-state index in [-0.39, 0.29) is 29.9 Å². The third-order valence-electron chi connectivity index (χ3n) is 5.05. The Balaban J connectivity index is 0.00000289. The fourth-order valence-corrected chi connectivity index (χ4v) is 3.54. The van der Waals surface area contributed by atoms with Crippen molar-refractivity contribution in [1.29, 1.82) is 0 Å². The molecule has 1 amide bonds. The van der Waals surface area contributed by atoms with Crippen LogP contribution in [0.25, 0.3) is 0 Å². The van der Waals surface area contributed by atoms with Crippen LogP contribution in [-0.2, 0) is 17.9 Å². The lowest BCUT2D eigenvalue weighted by Crippen LogP contribution is -2.24. The van der Waals surface area contributed by atoms with E-state index in [9.17, 15) is 4.79 Å². The predicted octanol–water partition coefficient (Wildman–Crippen LogP) is 5.15. The number of amides is 1. The first-order chi connectivity index (χ1) is 15.2. The number of hydrogen-bond acceptors (Lipinski definition) is 3. The van der Waals surface area contributed by atoms with Crippen molar-refractivity contribution >= 4 is 41.5 Å². The van der Waals surface area contributed by atoms with Gasteiger partial charge in [0.05, 0.1) is 6.54 Å². The molecule has 0 radical (unpaired) electrons. The highest BCUT2D eigenvalue weighted by Crippen LogP contribution is 2.23. The first-order valence-electron chi connectivity index (χ1n) is 10.4. The SMILES string of the molecule is I.NC(=NCc1cccc(CN2CCCC2=O)c1)Nc1cccc(Oc2ccccc2)c1. The van der Waals surface area contributed by atoms with Gasteiger partial charge in [0.15, 0.2) is 5.96 Å². The Bertz CT molecular complexity index is 1070. The number of nitrogens with one attached hydrogen (secondary N) is 1. The van der Waals surface area contributed by atoms with Crippen molar-refractivity contribution in [2.75, 3.05) is 11.9 Å². The van der Waals surface area contributed by atoms with Gasteiger partial charge >= 0.3 is 0 Å². The average molecular weight is 542 g/mol. The summed E-state index contributed by atoms with van der Waals surface area (Å²) in [6.45, 7) is 1.95. The van der Waals surface area contributed by atoms with Crippen LogP contribution in [0.4, 0.5) is 5.69 Å². The smallest absolute Gasteiger partial charge is 0.222 e. The highest BCUT2D eigenvalue weighted by Gasteiger charge is 2.19. The molecule has 3 aromatic carbocycles. The third-order valence-corrected chi connectivity index (χ3v) is 5.05. The normalized spacial score (nSPS) is 13.6. The van der Waals surface area contributed by atoms with Crippen LogP contribution in [0.15, 0.2) is 83.9 Å². The summed E-state index contributed by atoms with van der Waals surface area (Å²) >= 11 is 0. The van der Waals surface area contributed by atoms with Gasteiger partial charge in [0.1, 0.15) is 11.5 Å². The largest absolute Gasteiger partial charge is 0.457 e. The Hall–Kier alpha value is -3.07. The average Bonchev–Trinajstić information content (AvgIpc) is 3.18. The molecular weight excluding hydrogens is 515 g/mol. The summed E-state index contributed by atoms with van der Waals surface area (Å²) in [6, 6.07) is 25.3. The number of carbonyl (C=O) groups excluding carboxylic acids is 1. The highest BCUT2D eigenvalue weighted by atomic mass is 127. The van der Waals surface area contributed by atoms with Gasteiger partial charge in [0.2, 0.25) is 5.91 Å². The lowest BCUT2D eigenvalue weighted by atomic mass is 10.1. The number of aliphatic imine (C=N–C) groups is 1. The van der Waals surface area contributed by atoms with Crippen LogP contribution in [0.1, 0.15) is 24.0 Å². The summed E-state index contributed by atoms with van der Waals surface area (Å²) in [4.78, 5) is 18.2. The third kappa shape index (κ3) is 6.71. The van der Waals surface area contributed by atoms with Crippen molar-refractivity contribution < 1.29 is 9.53 Å². The van der Waals surface area contributed by atoms with Crippen molar-refractivity contribution in [3.8, 4) is 11.5 Å². The first-order valence-corrected chi connectivity index (χ1v) is 10.4. The van der Waals surface area contributed by atoms with Crippen LogP contribution in [0.3, 0.4) is 0 Å². The molecule has 0 unspecified atom stereocenters. The van der Waals surface area contributed by atoms with E-state index < -0.39 is 0 Å². The van der Waals surface area contributed by atoms with Crippen LogP contribution in [-0.4, -0.2) is 23.3 Å². The molecule has 32 heavy (non-hydrogen) atoms. The fourth-order valence-electron chi connectivity index (χ4n) is 3.54. The summed E-state index contributed by atoms with van der Waals surface area (Å²) < 4.78 is 5.86. The van der Waals surface area contributed by atoms with E-state index >= 15 is 0 Å². The molecule has 4 rings (SSSR count). The molecule has 0 spiro atoms. The van der Waals surface area contributed by atoms with Crippen LogP contribution < -0.4 is 15.8 Å². The molecule has 1 fully saturated rings. The lowest BCUT2D eigenvalue weighted by Gasteiger charge is -2.15. The molecule has 1 aliphatic heterocycles. The Morgan fingerprint density at radius 3 is 2.50 bits per heavy atom. The zero-order valence-corrected chi connectivity index (χ0v) is 20.1. The minimum atomic E-state index is 0. The van der Waals surface area contributed by atoms with Crippen LogP contribution >= 0.6 is 24.0 Å². The van der Waals surface area contributed by atoms with Crippen molar-refractivity contribution in [2.45, 2.75) is 25.9 Å². The molecule has 166 valence electrons. The number of nitrogens with two attached hydrogens (primary N) is 1. The molecule has 1 aliphatic rings. The predicted molar refractivity (Wildman–Crippen MR) is 138 cm³/mol. The van der Waals surface area contributed by atoms with Crippen molar-refractivity contribution in [1.82, 2.24) is 4.90 Å². The molecule has 1 saturated heterocycles. The van der Waals surface area contributed by atoms with E-state index in [1.165, 1.54) is 0 Å². The van der Waals surface area contributed by atoms with Crippen LogP contribution in [0.2, 0.25) is 0 Å². The second kappa shape index (κ2) is 11.5. The van der Waals surface area contributed by atoms with E-state index in [1.54, 1.807) is 0 Å². The van der Waals surface area contributed by atoms with Gasteiger partial charge in [-0.1, -0.05) is 48.5 Å². The standard InChI is InChI=1S/C25H26N4O2.HI/c26-25(28-21-9-5-12-23(16-21)31-22-10-2-1-3-11-22)27-17-19-7-4-8-20(15-19)18-29-14-6-13-24(29)30;/h1-5,7-12,15-16H,6,13-14,17-18H2,(H3,26,27,28);1H. The summed E-state index contributed by atoms with van der Waals surface area (Å²) in [6.07, 6.45) is 1.60. The summed E-state index contributed by atoms with van der Waals surface area (Å²) in [5.41, 5.74) is 9.05. The Kier molecular flexibility index (Phi) is 8.49. The zero-order chi connectivity index (χ0) is 21.5. The minimum absolute atomic E-state index is 0. The van der Waals surface area contributed by atoms with Gasteiger partial charge in [-0.25, -0.2) is 4.99 Å². The number of hydrogen-bond donors (Lipinski definition) is 2. The Labute approximate surface area is 205 Å². The molecule has 1 heterocycles. The zero-order valence-electron chi connectivity index (χ0n) is 17.7. The van der Waals surface area contributed by atoms with Gasteiger partial charge in [-0.15, -0.1) is 24.0 Å². The number of likely N-dealkylation sites (tertiary alicyclic amines) is 1. The second-order valence-electron chi connectivity index (χ2n) is 7.51. The van der Waals surface area contributed by atoms with E-state index in [0.29, 0.717) is 31.2 Å². The molecule has 7 heteroatoms. The number of carbonyl (C=O) groups is 1. The number of ether oxygens (including phenoxy) is 1. The number of rotatable bonds is 7. The molecule has 0 atom stereocenters. The van der Waals surface area contributed by atoms with E-state index in [2.05, 4.69) is 16.4 Å². The number of halogens is 1. The molecule has 0 aliphatic carbocycles. The number of nitrogens with zero attached hydrogens (tertiary/aromatic N) is 2. The maximum atomic E-state index is 11.8. The van der Waals surface area contributed by atoms with Gasteiger partial charge in [-0.2, -0.15) is 0 Å². The number of benzene rings is 3. The maximum absolute atomic E-state index is 11.8. The molecule has 0 bridgehead atoms. The van der Waals surface area contributed by atoms with Gasteiger partial charge in [-0.05, 0) is 41.8 Å². The second-order valence-corrected chi connectivity index (χ2v) is 7.51. The molecular formula is C25H27IN4O2. The molecule has 6 nitrogen and oxygen atoms in total. The molecule has 3 N–H and O–H groups in total. The minimum Gasteiger partial charge on any atom is -0.457 e. The van der Waals surface area contributed by atoms with E-state index in [0.717, 1.165) is 35.5 Å². The summed E-state index contributed by atoms with van der Waals surface area (Å²) in [5, 5.41) is 3.11. The van der Waals surface area contributed by atoms with Crippen LogP contribution in [0, 0.1) is 0 Å². The summed E-state index contributed by atoms with van der Waals surface area (Å²) in [5.74, 6) is 2.05. The fraction of sp³-hybridized carbons (Fsp3) is 0.200.